The zero-order valence-corrected chi connectivity index (χ0v) is 20.8. The van der Waals surface area contributed by atoms with Gasteiger partial charge in [-0.15, -0.1) is 5.92 Å². The number of rotatable bonds is 4. The minimum Gasteiger partial charge on any atom is -0.341 e. The fourth-order valence-corrected chi connectivity index (χ4v) is 5.84. The Morgan fingerprint density at radius 2 is 1.92 bits per heavy atom. The van der Waals surface area contributed by atoms with Gasteiger partial charge in [-0.2, -0.15) is 0 Å². The standard InChI is InChI=1S/C29H32N6O/c1-2-3-16-35-27-25(32-29(35)34-15-8-9-20(30)18-34)14-17-33(28(27)36)19-26-23-12-5-4-10-21(23)22-11-6-7-13-24(22)31-26/h4-5,10,12,14,17,20H,6-9,11,13,15-16,18-19,30H2,1H3. The lowest BCUT2D eigenvalue weighted by Crippen LogP contribution is -2.44. The van der Waals surface area contributed by atoms with Crippen molar-refractivity contribution in [3.05, 3.63) is 63.8 Å². The SMILES string of the molecule is CC#CCn1c(N2CCCC(N)C2)nc2ccn(Cc3nc4c(c5ccccc35)CCCC4)c(=O)c21. The second kappa shape index (κ2) is 9.44. The Morgan fingerprint density at radius 3 is 2.75 bits per heavy atom. The maximum atomic E-state index is 13.9. The quantitative estimate of drug-likeness (QED) is 0.451. The van der Waals surface area contributed by atoms with Crippen LogP contribution < -0.4 is 16.2 Å². The van der Waals surface area contributed by atoms with E-state index < -0.39 is 0 Å². The molecule has 7 heteroatoms. The minimum atomic E-state index is -0.0611. The van der Waals surface area contributed by atoms with Crippen LogP contribution in [0.1, 0.15) is 49.6 Å². The van der Waals surface area contributed by atoms with Crippen molar-refractivity contribution in [2.45, 2.75) is 64.6 Å². The second-order valence-electron chi connectivity index (χ2n) is 9.99. The van der Waals surface area contributed by atoms with Crippen LogP contribution in [0.15, 0.2) is 41.3 Å². The highest BCUT2D eigenvalue weighted by Gasteiger charge is 2.24. The Hall–Kier alpha value is -3.63. The second-order valence-corrected chi connectivity index (χ2v) is 9.99. The van der Waals surface area contributed by atoms with E-state index in [1.165, 1.54) is 29.5 Å². The first-order valence-corrected chi connectivity index (χ1v) is 13.0. The monoisotopic (exact) mass is 480 g/mol. The maximum Gasteiger partial charge on any atom is 0.277 e. The highest BCUT2D eigenvalue weighted by Crippen LogP contribution is 2.30. The van der Waals surface area contributed by atoms with Gasteiger partial charge in [-0.1, -0.05) is 30.2 Å². The van der Waals surface area contributed by atoms with Gasteiger partial charge in [0.25, 0.3) is 5.56 Å². The summed E-state index contributed by atoms with van der Waals surface area (Å²) in [6.07, 6.45) is 8.36. The van der Waals surface area contributed by atoms with Crippen LogP contribution in [0.25, 0.3) is 21.8 Å². The molecule has 36 heavy (non-hydrogen) atoms. The molecule has 184 valence electrons. The van der Waals surface area contributed by atoms with Crippen LogP contribution in [0.4, 0.5) is 5.95 Å². The molecule has 0 bridgehead atoms. The molecule has 4 heterocycles. The molecular formula is C29H32N6O. The van der Waals surface area contributed by atoms with E-state index in [0.717, 1.165) is 55.8 Å². The van der Waals surface area contributed by atoms with Crippen molar-refractivity contribution in [2.24, 2.45) is 5.73 Å². The number of fused-ring (bicyclic) bond motifs is 4. The van der Waals surface area contributed by atoms with Crippen LogP contribution in [0.3, 0.4) is 0 Å². The van der Waals surface area contributed by atoms with Crippen LogP contribution in [0, 0.1) is 11.8 Å². The normalized spacial score (nSPS) is 17.7. The molecule has 4 aromatic rings. The van der Waals surface area contributed by atoms with E-state index in [9.17, 15) is 4.79 Å². The molecule has 1 saturated heterocycles. The topological polar surface area (TPSA) is 82.0 Å². The van der Waals surface area contributed by atoms with Crippen molar-refractivity contribution in [1.82, 2.24) is 19.1 Å². The molecule has 1 fully saturated rings. The third kappa shape index (κ3) is 3.96. The summed E-state index contributed by atoms with van der Waals surface area (Å²) < 4.78 is 3.75. The number of benzene rings is 1. The third-order valence-corrected chi connectivity index (χ3v) is 7.60. The highest BCUT2D eigenvalue weighted by molar-refractivity contribution is 5.88. The van der Waals surface area contributed by atoms with Gasteiger partial charge in [0.05, 0.1) is 24.3 Å². The summed E-state index contributed by atoms with van der Waals surface area (Å²) in [4.78, 5) is 26.1. The first kappa shape index (κ1) is 22.8. The molecule has 0 spiro atoms. The Kier molecular flexibility index (Phi) is 5.98. The Bertz CT molecular complexity index is 1570. The van der Waals surface area contributed by atoms with Crippen molar-refractivity contribution in [1.29, 1.82) is 0 Å². The number of nitrogens with zero attached hydrogens (tertiary/aromatic N) is 5. The smallest absolute Gasteiger partial charge is 0.277 e. The number of aryl methyl sites for hydroxylation is 2. The van der Waals surface area contributed by atoms with E-state index >= 15 is 0 Å². The third-order valence-electron chi connectivity index (χ3n) is 7.60. The van der Waals surface area contributed by atoms with Crippen LogP contribution in [-0.2, 0) is 25.9 Å². The minimum absolute atomic E-state index is 0.0611. The Balaban J connectivity index is 1.47. The summed E-state index contributed by atoms with van der Waals surface area (Å²) in [7, 11) is 0. The van der Waals surface area contributed by atoms with E-state index in [1.807, 2.05) is 23.8 Å². The molecule has 1 unspecified atom stereocenters. The van der Waals surface area contributed by atoms with E-state index in [2.05, 4.69) is 41.0 Å². The molecule has 1 aliphatic heterocycles. The number of hydrogen-bond acceptors (Lipinski definition) is 5. The summed E-state index contributed by atoms with van der Waals surface area (Å²) in [5, 5.41) is 2.41. The van der Waals surface area contributed by atoms with Crippen LogP contribution in [0.2, 0.25) is 0 Å². The lowest BCUT2D eigenvalue weighted by Gasteiger charge is -2.31. The van der Waals surface area contributed by atoms with Gasteiger partial charge in [0, 0.05) is 36.4 Å². The summed E-state index contributed by atoms with van der Waals surface area (Å²) in [5.41, 5.74) is 11.0. The zero-order chi connectivity index (χ0) is 24.6. The summed E-state index contributed by atoms with van der Waals surface area (Å²) in [5.74, 6) is 6.90. The van der Waals surface area contributed by atoms with Gasteiger partial charge < -0.3 is 15.2 Å². The predicted octanol–water partition coefficient (Wildman–Crippen LogP) is 3.62. The molecule has 2 N–H and O–H groups in total. The molecule has 0 radical (unpaired) electrons. The molecule has 6 rings (SSSR count). The summed E-state index contributed by atoms with van der Waals surface area (Å²) >= 11 is 0. The van der Waals surface area contributed by atoms with Crippen LogP contribution in [-0.4, -0.2) is 38.2 Å². The van der Waals surface area contributed by atoms with Crippen molar-refractivity contribution in [2.75, 3.05) is 18.0 Å². The fraction of sp³-hybridized carbons (Fsp3) is 0.414. The molecule has 2 aliphatic rings. The first-order valence-electron chi connectivity index (χ1n) is 13.0. The van der Waals surface area contributed by atoms with Gasteiger partial charge in [0.2, 0.25) is 5.95 Å². The average Bonchev–Trinajstić information content (AvgIpc) is 3.28. The number of hydrogen-bond donors (Lipinski definition) is 1. The van der Waals surface area contributed by atoms with Gasteiger partial charge in [0.15, 0.2) is 0 Å². The molecule has 0 saturated carbocycles. The summed E-state index contributed by atoms with van der Waals surface area (Å²) in [6, 6.07) is 10.5. The van der Waals surface area contributed by atoms with E-state index in [1.54, 1.807) is 4.57 Å². The molecular weight excluding hydrogens is 448 g/mol. The largest absolute Gasteiger partial charge is 0.341 e. The van der Waals surface area contributed by atoms with Gasteiger partial charge in [-0.25, -0.2) is 4.98 Å². The number of anilines is 1. The molecule has 3 aromatic heterocycles. The van der Waals surface area contributed by atoms with Crippen molar-refractivity contribution >= 4 is 27.8 Å². The molecule has 1 aromatic carbocycles. The lowest BCUT2D eigenvalue weighted by atomic mass is 9.91. The Morgan fingerprint density at radius 1 is 1.08 bits per heavy atom. The summed E-state index contributed by atoms with van der Waals surface area (Å²) in [6.45, 7) is 4.29. The van der Waals surface area contributed by atoms with E-state index in [4.69, 9.17) is 15.7 Å². The van der Waals surface area contributed by atoms with Crippen molar-refractivity contribution < 1.29 is 0 Å². The molecule has 1 atom stereocenters. The number of piperidine rings is 1. The predicted molar refractivity (Wildman–Crippen MR) is 144 cm³/mol. The number of nitrogens with two attached hydrogens (primary N) is 1. The number of aromatic nitrogens is 4. The average molecular weight is 481 g/mol. The van der Waals surface area contributed by atoms with Gasteiger partial charge >= 0.3 is 0 Å². The molecule has 0 amide bonds. The fourth-order valence-electron chi connectivity index (χ4n) is 5.84. The van der Waals surface area contributed by atoms with Gasteiger partial charge in [0.1, 0.15) is 5.52 Å². The van der Waals surface area contributed by atoms with Crippen molar-refractivity contribution in [3.63, 3.8) is 0 Å². The van der Waals surface area contributed by atoms with Crippen molar-refractivity contribution in [3.8, 4) is 11.8 Å². The Labute approximate surface area is 210 Å². The number of imidazole rings is 1. The molecule has 1 aliphatic carbocycles. The molecule has 7 nitrogen and oxygen atoms in total. The van der Waals surface area contributed by atoms with Crippen LogP contribution in [0.5, 0.6) is 0 Å². The van der Waals surface area contributed by atoms with Gasteiger partial charge in [-0.3, -0.25) is 14.3 Å². The van der Waals surface area contributed by atoms with E-state index in [0.29, 0.717) is 24.1 Å². The van der Waals surface area contributed by atoms with Crippen LogP contribution >= 0.6 is 0 Å². The van der Waals surface area contributed by atoms with Gasteiger partial charge in [-0.05, 0) is 62.5 Å². The first-order chi connectivity index (χ1) is 17.6. The lowest BCUT2D eigenvalue weighted by molar-refractivity contribution is 0.496. The van der Waals surface area contributed by atoms with E-state index in [-0.39, 0.29) is 11.6 Å². The highest BCUT2D eigenvalue weighted by atomic mass is 16.1. The zero-order valence-electron chi connectivity index (χ0n) is 20.8. The number of pyridine rings is 2. The maximum absolute atomic E-state index is 13.9.